The van der Waals surface area contributed by atoms with Gasteiger partial charge in [0.05, 0.1) is 17.8 Å². The molecule has 124 valence electrons. The minimum atomic E-state index is -0.806. The first-order valence-electron chi connectivity index (χ1n) is 8.35. The Morgan fingerprint density at radius 1 is 1.21 bits per heavy atom. The number of aromatic nitrogens is 2. The van der Waals surface area contributed by atoms with Gasteiger partial charge in [-0.05, 0) is 24.5 Å². The molecule has 1 N–H and O–H groups in total. The van der Waals surface area contributed by atoms with Crippen LogP contribution >= 0.6 is 0 Å². The lowest BCUT2D eigenvalue weighted by Crippen LogP contribution is -2.38. The first-order valence-corrected chi connectivity index (χ1v) is 8.35. The van der Waals surface area contributed by atoms with E-state index in [9.17, 15) is 9.59 Å². The molecule has 0 radical (unpaired) electrons. The number of ether oxygens (including phenoxy) is 1. The van der Waals surface area contributed by atoms with E-state index in [1.165, 1.54) is 12.8 Å². The fourth-order valence-corrected chi connectivity index (χ4v) is 3.54. The summed E-state index contributed by atoms with van der Waals surface area (Å²) in [6, 6.07) is 9.36. The number of cyclic esters (lactones) is 1. The third kappa shape index (κ3) is 2.68. The maximum absolute atomic E-state index is 12.6. The molecule has 2 aromatic rings. The third-order valence-corrected chi connectivity index (χ3v) is 4.78. The number of esters is 1. The number of hydrogen-bond donors (Lipinski definition) is 1. The van der Waals surface area contributed by atoms with E-state index in [0.717, 1.165) is 18.4 Å². The fourth-order valence-electron chi connectivity index (χ4n) is 3.54. The zero-order valence-corrected chi connectivity index (χ0v) is 13.3. The summed E-state index contributed by atoms with van der Waals surface area (Å²) in [6.07, 6.45) is 5.82. The molecule has 1 fully saturated rings. The third-order valence-electron chi connectivity index (χ3n) is 4.78. The molecule has 6 nitrogen and oxygen atoms in total. The number of carbonyl (C=O) groups excluding carboxylic acids is 2. The monoisotopic (exact) mass is 325 g/mol. The van der Waals surface area contributed by atoms with Crippen molar-refractivity contribution in [1.29, 1.82) is 0 Å². The highest BCUT2D eigenvalue weighted by Crippen LogP contribution is 2.31. The summed E-state index contributed by atoms with van der Waals surface area (Å²) >= 11 is 0. The van der Waals surface area contributed by atoms with Gasteiger partial charge in [-0.15, -0.1) is 0 Å². The van der Waals surface area contributed by atoms with Gasteiger partial charge in [-0.25, -0.2) is 9.48 Å². The van der Waals surface area contributed by atoms with Crippen LogP contribution in [-0.4, -0.2) is 27.8 Å². The molecule has 1 amide bonds. The number of benzene rings is 1. The van der Waals surface area contributed by atoms with Gasteiger partial charge >= 0.3 is 5.97 Å². The molecule has 1 aromatic carbocycles. The summed E-state index contributed by atoms with van der Waals surface area (Å²) < 4.78 is 7.19. The highest BCUT2D eigenvalue weighted by molar-refractivity contribution is 5.99. The largest absolute Gasteiger partial charge is 0.448 e. The van der Waals surface area contributed by atoms with Gasteiger partial charge in [0, 0.05) is 12.5 Å². The molecule has 4 rings (SSSR count). The molecular weight excluding hydrogens is 306 g/mol. The van der Waals surface area contributed by atoms with E-state index in [4.69, 9.17) is 4.74 Å². The van der Waals surface area contributed by atoms with Crippen LogP contribution in [0, 0.1) is 0 Å². The van der Waals surface area contributed by atoms with Crippen LogP contribution in [0.25, 0.3) is 0 Å². The molecule has 0 spiro atoms. The number of hydrogen-bond acceptors (Lipinski definition) is 4. The van der Waals surface area contributed by atoms with Crippen LogP contribution in [0.5, 0.6) is 0 Å². The SMILES string of the molecule is O=C1O[C@H](C(=O)Nc2ccnn2C2CCCC2)Cc2ccccc21. The Labute approximate surface area is 139 Å². The molecular formula is C18H19N3O3. The second kappa shape index (κ2) is 6.11. The van der Waals surface area contributed by atoms with Crippen molar-refractivity contribution in [3.8, 4) is 0 Å². The number of rotatable bonds is 3. The molecule has 0 unspecified atom stereocenters. The Bertz CT molecular complexity index is 777. The lowest BCUT2D eigenvalue weighted by atomic mass is 9.98. The normalized spacial score (nSPS) is 20.5. The van der Waals surface area contributed by atoms with Gasteiger partial charge in [-0.2, -0.15) is 5.10 Å². The molecule has 6 heteroatoms. The summed E-state index contributed by atoms with van der Waals surface area (Å²) in [7, 11) is 0. The molecule has 1 aliphatic heterocycles. The van der Waals surface area contributed by atoms with E-state index in [1.807, 2.05) is 16.8 Å². The van der Waals surface area contributed by atoms with E-state index in [2.05, 4.69) is 10.4 Å². The average Bonchev–Trinajstić information content (AvgIpc) is 3.25. The van der Waals surface area contributed by atoms with Crippen molar-refractivity contribution in [2.45, 2.75) is 44.2 Å². The fraction of sp³-hybridized carbons (Fsp3) is 0.389. The van der Waals surface area contributed by atoms with Crippen LogP contribution in [0.15, 0.2) is 36.5 Å². The van der Waals surface area contributed by atoms with E-state index < -0.39 is 12.1 Å². The standard InChI is InChI=1S/C18H19N3O3/c22-17(15-11-12-5-1-4-8-14(12)18(23)24-15)20-16-9-10-19-21(16)13-6-2-3-7-13/h1,4-5,8-10,13,15H,2-3,6-7,11H2,(H,20,22)/t15-/m0/s1. The molecule has 1 aliphatic carbocycles. The molecule has 0 bridgehead atoms. The van der Waals surface area contributed by atoms with Gasteiger partial charge in [0.1, 0.15) is 5.82 Å². The Kier molecular flexibility index (Phi) is 3.80. The van der Waals surface area contributed by atoms with Crippen LogP contribution in [0.1, 0.15) is 47.6 Å². The van der Waals surface area contributed by atoms with E-state index >= 15 is 0 Å². The molecule has 1 aromatic heterocycles. The summed E-state index contributed by atoms with van der Waals surface area (Å²) in [6.45, 7) is 0. The van der Waals surface area contributed by atoms with Crippen molar-refractivity contribution < 1.29 is 14.3 Å². The smallest absolute Gasteiger partial charge is 0.339 e. The van der Waals surface area contributed by atoms with Gasteiger partial charge in [0.15, 0.2) is 6.10 Å². The number of carbonyl (C=O) groups is 2. The van der Waals surface area contributed by atoms with Gasteiger partial charge in [-0.3, -0.25) is 4.79 Å². The van der Waals surface area contributed by atoms with Crippen molar-refractivity contribution in [2.24, 2.45) is 0 Å². The van der Waals surface area contributed by atoms with Crippen LogP contribution in [0.2, 0.25) is 0 Å². The van der Waals surface area contributed by atoms with E-state index in [1.54, 1.807) is 24.4 Å². The molecule has 2 heterocycles. The second-order valence-corrected chi connectivity index (χ2v) is 6.34. The number of fused-ring (bicyclic) bond motifs is 1. The number of nitrogens with one attached hydrogen (secondary N) is 1. The minimum Gasteiger partial charge on any atom is -0.448 e. The van der Waals surface area contributed by atoms with Crippen molar-refractivity contribution in [3.05, 3.63) is 47.7 Å². The highest BCUT2D eigenvalue weighted by atomic mass is 16.5. The summed E-state index contributed by atoms with van der Waals surface area (Å²) in [4.78, 5) is 24.6. The molecule has 1 atom stereocenters. The van der Waals surface area contributed by atoms with E-state index in [0.29, 0.717) is 23.8 Å². The summed E-state index contributed by atoms with van der Waals surface area (Å²) in [5, 5.41) is 7.21. The average molecular weight is 325 g/mol. The zero-order chi connectivity index (χ0) is 16.5. The summed E-state index contributed by atoms with van der Waals surface area (Å²) in [5.74, 6) is -0.0827. The quantitative estimate of drug-likeness (QED) is 0.881. The van der Waals surface area contributed by atoms with Crippen LogP contribution in [0.4, 0.5) is 5.82 Å². The van der Waals surface area contributed by atoms with Gasteiger partial charge in [-0.1, -0.05) is 31.0 Å². The summed E-state index contributed by atoms with van der Waals surface area (Å²) in [5.41, 5.74) is 1.38. The van der Waals surface area contributed by atoms with Crippen molar-refractivity contribution >= 4 is 17.7 Å². The molecule has 2 aliphatic rings. The second-order valence-electron chi connectivity index (χ2n) is 6.34. The minimum absolute atomic E-state index is 0.308. The first kappa shape index (κ1) is 14.9. The Hall–Kier alpha value is -2.63. The first-order chi connectivity index (χ1) is 11.7. The maximum Gasteiger partial charge on any atom is 0.339 e. The molecule has 1 saturated carbocycles. The van der Waals surface area contributed by atoms with Gasteiger partial charge in [0.25, 0.3) is 5.91 Å². The Morgan fingerprint density at radius 3 is 2.83 bits per heavy atom. The van der Waals surface area contributed by atoms with Crippen molar-refractivity contribution in [2.75, 3.05) is 5.32 Å². The van der Waals surface area contributed by atoms with Crippen LogP contribution in [-0.2, 0) is 16.0 Å². The number of anilines is 1. The number of amides is 1. The predicted molar refractivity (Wildman–Crippen MR) is 87.7 cm³/mol. The number of nitrogens with zero attached hydrogens (tertiary/aromatic N) is 2. The lowest BCUT2D eigenvalue weighted by molar-refractivity contribution is -0.125. The topological polar surface area (TPSA) is 73.2 Å². The van der Waals surface area contributed by atoms with Gasteiger partial charge < -0.3 is 10.1 Å². The highest BCUT2D eigenvalue weighted by Gasteiger charge is 2.32. The molecule has 24 heavy (non-hydrogen) atoms. The lowest BCUT2D eigenvalue weighted by Gasteiger charge is -2.24. The predicted octanol–water partition coefficient (Wildman–Crippen LogP) is 2.72. The van der Waals surface area contributed by atoms with Crippen molar-refractivity contribution in [3.63, 3.8) is 0 Å². The van der Waals surface area contributed by atoms with Crippen molar-refractivity contribution in [1.82, 2.24) is 9.78 Å². The van der Waals surface area contributed by atoms with E-state index in [-0.39, 0.29) is 5.91 Å². The van der Waals surface area contributed by atoms with Crippen LogP contribution in [0.3, 0.4) is 0 Å². The maximum atomic E-state index is 12.6. The Balaban J connectivity index is 1.50. The molecule has 0 saturated heterocycles. The Morgan fingerprint density at radius 2 is 2.00 bits per heavy atom. The van der Waals surface area contributed by atoms with Gasteiger partial charge in [0.2, 0.25) is 0 Å². The zero-order valence-electron chi connectivity index (χ0n) is 13.3. The van der Waals surface area contributed by atoms with Crippen LogP contribution < -0.4 is 5.32 Å².